The topological polar surface area (TPSA) is 55.4 Å². The average Bonchev–Trinajstić information content (AvgIpc) is 2.47. The lowest BCUT2D eigenvalue weighted by atomic mass is 9.88. The van der Waals surface area contributed by atoms with Crippen molar-refractivity contribution in [2.75, 3.05) is 12.9 Å². The zero-order chi connectivity index (χ0) is 10.1. The number of nitrogens with one attached hydrogen (secondary N) is 1. The van der Waals surface area contributed by atoms with Gasteiger partial charge in [-0.2, -0.15) is 0 Å². The summed E-state index contributed by atoms with van der Waals surface area (Å²) < 4.78 is 4.68. The smallest absolute Gasteiger partial charge is 0.332 e. The van der Waals surface area contributed by atoms with Crippen LogP contribution in [0.25, 0.3) is 0 Å². The summed E-state index contributed by atoms with van der Waals surface area (Å²) in [5.74, 6) is 0.135. The maximum absolute atomic E-state index is 11.5. The van der Waals surface area contributed by atoms with E-state index in [1.165, 1.54) is 7.11 Å². The first kappa shape index (κ1) is 10.4. The van der Waals surface area contributed by atoms with Crippen LogP contribution in [-0.4, -0.2) is 29.6 Å². The van der Waals surface area contributed by atoms with E-state index in [9.17, 15) is 9.59 Å². The summed E-state index contributed by atoms with van der Waals surface area (Å²) in [5, 5.41) is 2.51. The van der Waals surface area contributed by atoms with Crippen LogP contribution in [0, 0.1) is 5.92 Å². The van der Waals surface area contributed by atoms with Crippen LogP contribution in [0.1, 0.15) is 13.8 Å². The first-order valence-corrected chi connectivity index (χ1v) is 5.05. The summed E-state index contributed by atoms with van der Waals surface area (Å²) in [6.07, 6.45) is 0. The van der Waals surface area contributed by atoms with Gasteiger partial charge < -0.3 is 10.1 Å². The fourth-order valence-electron chi connectivity index (χ4n) is 1.27. The number of carbonyl (C=O) groups is 2. The van der Waals surface area contributed by atoms with Crippen molar-refractivity contribution in [1.29, 1.82) is 0 Å². The van der Waals surface area contributed by atoms with Crippen molar-refractivity contribution in [3.05, 3.63) is 0 Å². The van der Waals surface area contributed by atoms with E-state index in [-0.39, 0.29) is 17.1 Å². The minimum Gasteiger partial charge on any atom is -0.467 e. The van der Waals surface area contributed by atoms with Crippen LogP contribution in [0.15, 0.2) is 0 Å². The van der Waals surface area contributed by atoms with Crippen LogP contribution in [0.4, 0.5) is 4.79 Å². The van der Waals surface area contributed by atoms with Crippen LogP contribution in [0.2, 0.25) is 0 Å². The first-order chi connectivity index (χ1) is 6.03. The molecule has 1 rings (SSSR count). The molecule has 0 saturated carbocycles. The Morgan fingerprint density at radius 2 is 2.31 bits per heavy atom. The van der Waals surface area contributed by atoms with E-state index < -0.39 is 5.54 Å². The van der Waals surface area contributed by atoms with Crippen molar-refractivity contribution in [2.45, 2.75) is 19.4 Å². The summed E-state index contributed by atoms with van der Waals surface area (Å²) in [6.45, 7) is 3.78. The number of esters is 1. The maximum atomic E-state index is 11.5. The molecular formula is C8H13NO3S. The molecule has 0 radical (unpaired) electrons. The molecule has 1 amide bonds. The van der Waals surface area contributed by atoms with Crippen LogP contribution in [0.3, 0.4) is 0 Å². The Morgan fingerprint density at radius 3 is 2.62 bits per heavy atom. The summed E-state index contributed by atoms with van der Waals surface area (Å²) in [7, 11) is 1.33. The maximum Gasteiger partial charge on any atom is 0.332 e. The SMILES string of the molecule is COC(=O)[C@@]1(C(C)C)CSC(=O)N1. The molecule has 0 spiro atoms. The van der Waals surface area contributed by atoms with E-state index in [1.807, 2.05) is 13.8 Å². The summed E-state index contributed by atoms with van der Waals surface area (Å²) >= 11 is 1.13. The number of hydrogen-bond acceptors (Lipinski definition) is 4. The van der Waals surface area contributed by atoms with Gasteiger partial charge in [-0.25, -0.2) is 4.79 Å². The predicted molar refractivity (Wildman–Crippen MR) is 50.6 cm³/mol. The molecule has 0 aromatic carbocycles. The number of amides is 1. The Bertz CT molecular complexity index is 242. The molecule has 1 heterocycles. The molecule has 0 unspecified atom stereocenters. The second kappa shape index (κ2) is 3.57. The third-order valence-electron chi connectivity index (χ3n) is 2.29. The number of hydrogen-bond donors (Lipinski definition) is 1. The molecule has 1 saturated heterocycles. The van der Waals surface area contributed by atoms with E-state index in [0.29, 0.717) is 5.75 Å². The van der Waals surface area contributed by atoms with Crippen molar-refractivity contribution in [3.63, 3.8) is 0 Å². The van der Waals surface area contributed by atoms with E-state index in [4.69, 9.17) is 0 Å². The third kappa shape index (κ3) is 1.65. The largest absolute Gasteiger partial charge is 0.467 e. The van der Waals surface area contributed by atoms with Crippen LogP contribution < -0.4 is 5.32 Å². The standard InChI is InChI=1S/C8H13NO3S/c1-5(2)8(6(10)12-3)4-13-7(11)9-8/h5H,4H2,1-3H3,(H,9,11)/t8-/m0/s1. The number of carbonyl (C=O) groups excluding carboxylic acids is 2. The Kier molecular flexibility index (Phi) is 2.85. The minimum absolute atomic E-state index is 0.0406. The van der Waals surface area contributed by atoms with Gasteiger partial charge in [0.05, 0.1) is 7.11 Å². The Hall–Kier alpha value is -0.710. The highest BCUT2D eigenvalue weighted by Crippen LogP contribution is 2.30. The number of thioether (sulfide) groups is 1. The molecule has 0 bridgehead atoms. The minimum atomic E-state index is -0.823. The fraction of sp³-hybridized carbons (Fsp3) is 0.750. The van der Waals surface area contributed by atoms with Crippen molar-refractivity contribution >= 4 is 23.0 Å². The van der Waals surface area contributed by atoms with Crippen molar-refractivity contribution < 1.29 is 14.3 Å². The average molecular weight is 203 g/mol. The molecular weight excluding hydrogens is 190 g/mol. The first-order valence-electron chi connectivity index (χ1n) is 4.06. The van der Waals surface area contributed by atoms with E-state index in [0.717, 1.165) is 11.8 Å². The summed E-state index contributed by atoms with van der Waals surface area (Å²) in [5.41, 5.74) is -0.823. The lowest BCUT2D eigenvalue weighted by Gasteiger charge is -2.28. The van der Waals surface area contributed by atoms with Crippen molar-refractivity contribution in [3.8, 4) is 0 Å². The molecule has 0 aliphatic carbocycles. The highest BCUT2D eigenvalue weighted by atomic mass is 32.2. The molecule has 5 heteroatoms. The predicted octanol–water partition coefficient (Wildman–Crippen LogP) is 1.01. The highest BCUT2D eigenvalue weighted by molar-refractivity contribution is 8.14. The number of rotatable bonds is 2. The van der Waals surface area contributed by atoms with Gasteiger partial charge in [-0.05, 0) is 5.92 Å². The third-order valence-corrected chi connectivity index (χ3v) is 3.26. The lowest BCUT2D eigenvalue weighted by molar-refractivity contribution is -0.148. The second-order valence-electron chi connectivity index (χ2n) is 3.32. The fourth-order valence-corrected chi connectivity index (χ4v) is 2.41. The molecule has 13 heavy (non-hydrogen) atoms. The van der Waals surface area contributed by atoms with Crippen LogP contribution in [-0.2, 0) is 9.53 Å². The lowest BCUT2D eigenvalue weighted by Crippen LogP contribution is -2.55. The zero-order valence-electron chi connectivity index (χ0n) is 7.92. The second-order valence-corrected chi connectivity index (χ2v) is 4.27. The summed E-state index contributed by atoms with van der Waals surface area (Å²) in [4.78, 5) is 22.5. The molecule has 4 nitrogen and oxygen atoms in total. The van der Waals surface area contributed by atoms with Gasteiger partial charge in [0.15, 0.2) is 5.54 Å². The molecule has 0 aromatic rings. The van der Waals surface area contributed by atoms with Gasteiger partial charge in [0.2, 0.25) is 0 Å². The Labute approximate surface area is 81.4 Å². The quantitative estimate of drug-likeness (QED) is 0.680. The van der Waals surface area contributed by atoms with E-state index in [1.54, 1.807) is 0 Å². The van der Waals surface area contributed by atoms with Gasteiger partial charge >= 0.3 is 5.97 Å². The monoisotopic (exact) mass is 203 g/mol. The molecule has 0 aromatic heterocycles. The van der Waals surface area contributed by atoms with Gasteiger partial charge in [0.1, 0.15) is 0 Å². The van der Waals surface area contributed by atoms with E-state index >= 15 is 0 Å². The number of methoxy groups -OCH3 is 1. The summed E-state index contributed by atoms with van der Waals surface area (Å²) in [6, 6.07) is 0. The van der Waals surface area contributed by atoms with Crippen LogP contribution in [0.5, 0.6) is 0 Å². The normalized spacial score (nSPS) is 27.5. The molecule has 1 atom stereocenters. The zero-order valence-corrected chi connectivity index (χ0v) is 8.73. The van der Waals surface area contributed by atoms with Gasteiger partial charge in [0.25, 0.3) is 5.24 Å². The highest BCUT2D eigenvalue weighted by Gasteiger charge is 2.48. The van der Waals surface area contributed by atoms with Gasteiger partial charge in [-0.15, -0.1) is 0 Å². The molecule has 1 fully saturated rings. The molecule has 1 aliphatic heterocycles. The molecule has 74 valence electrons. The molecule has 1 N–H and O–H groups in total. The van der Waals surface area contributed by atoms with Crippen molar-refractivity contribution in [1.82, 2.24) is 5.32 Å². The van der Waals surface area contributed by atoms with E-state index in [2.05, 4.69) is 10.1 Å². The van der Waals surface area contributed by atoms with Gasteiger partial charge in [-0.3, -0.25) is 4.79 Å². The number of ether oxygens (including phenoxy) is 1. The van der Waals surface area contributed by atoms with Gasteiger partial charge in [-0.1, -0.05) is 25.6 Å². The Morgan fingerprint density at radius 1 is 1.69 bits per heavy atom. The molecule has 1 aliphatic rings. The van der Waals surface area contributed by atoms with Crippen LogP contribution >= 0.6 is 11.8 Å². The Balaban J connectivity index is 2.89. The van der Waals surface area contributed by atoms with Crippen molar-refractivity contribution in [2.24, 2.45) is 5.92 Å². The van der Waals surface area contributed by atoms with Gasteiger partial charge in [0, 0.05) is 5.75 Å².